The van der Waals surface area contributed by atoms with Gasteiger partial charge in [-0.25, -0.2) is 4.99 Å². The van der Waals surface area contributed by atoms with Crippen LogP contribution in [0.1, 0.15) is 19.4 Å². The molecular weight excluding hydrogens is 361 g/mol. The van der Waals surface area contributed by atoms with Crippen LogP contribution >= 0.6 is 7.92 Å². The molecule has 0 radical (unpaired) electrons. The van der Waals surface area contributed by atoms with Gasteiger partial charge in [0.25, 0.3) is 0 Å². The van der Waals surface area contributed by atoms with Crippen LogP contribution in [0.2, 0.25) is 0 Å². The number of aliphatic imine (C=N–C) groups is 1. The summed E-state index contributed by atoms with van der Waals surface area (Å²) < 4.78 is 5.93. The van der Waals surface area contributed by atoms with Gasteiger partial charge in [-0.3, -0.25) is 0 Å². The van der Waals surface area contributed by atoms with Crippen LogP contribution in [0.3, 0.4) is 0 Å². The van der Waals surface area contributed by atoms with Crippen LogP contribution in [0.4, 0.5) is 0 Å². The largest absolute Gasteiger partial charge is 0.478 e. The Hall–Kier alpha value is -2.44. The van der Waals surface area contributed by atoms with E-state index in [9.17, 15) is 0 Å². The number of benzene rings is 3. The van der Waals surface area contributed by atoms with Crippen LogP contribution in [-0.4, -0.2) is 18.5 Å². The highest BCUT2D eigenvalue weighted by molar-refractivity contribution is 7.79. The zero-order chi connectivity index (χ0) is 19.3. The maximum atomic E-state index is 5.93. The lowest BCUT2D eigenvalue weighted by atomic mass is 10.1. The first-order valence-electron chi connectivity index (χ1n) is 9.90. The third kappa shape index (κ3) is 4.18. The van der Waals surface area contributed by atoms with Crippen molar-refractivity contribution < 1.29 is 4.74 Å². The number of nitrogens with zero attached hydrogens (tertiary/aromatic N) is 1. The fourth-order valence-electron chi connectivity index (χ4n) is 3.50. The number of rotatable bonds is 6. The molecule has 3 heteroatoms. The van der Waals surface area contributed by atoms with Crippen molar-refractivity contribution in [2.45, 2.75) is 26.3 Å². The molecule has 3 aromatic carbocycles. The van der Waals surface area contributed by atoms with Gasteiger partial charge in [-0.2, -0.15) is 0 Å². The maximum absolute atomic E-state index is 5.93. The van der Waals surface area contributed by atoms with E-state index in [1.165, 1.54) is 21.5 Å². The third-order valence-corrected chi connectivity index (χ3v) is 7.65. The van der Waals surface area contributed by atoms with Gasteiger partial charge in [-0.1, -0.05) is 98.8 Å². The number of ether oxygens (including phenoxy) is 1. The first-order valence-corrected chi connectivity index (χ1v) is 11.2. The lowest BCUT2D eigenvalue weighted by Crippen LogP contribution is -2.24. The molecule has 0 amide bonds. The second-order valence-corrected chi connectivity index (χ2v) is 9.64. The highest BCUT2D eigenvalue weighted by atomic mass is 31.1. The van der Waals surface area contributed by atoms with Crippen LogP contribution < -0.4 is 15.9 Å². The van der Waals surface area contributed by atoms with Gasteiger partial charge in [-0.05, 0) is 35.3 Å². The average molecular weight is 387 g/mol. The Bertz CT molecular complexity index is 898. The summed E-state index contributed by atoms with van der Waals surface area (Å²) in [7, 11) is -0.621. The highest BCUT2D eigenvalue weighted by Crippen LogP contribution is 2.34. The van der Waals surface area contributed by atoms with E-state index in [2.05, 4.69) is 98.8 Å². The molecule has 0 spiro atoms. The molecule has 28 heavy (non-hydrogen) atoms. The molecule has 1 aliphatic heterocycles. The zero-order valence-electron chi connectivity index (χ0n) is 16.5. The number of hydrogen-bond acceptors (Lipinski definition) is 2. The summed E-state index contributed by atoms with van der Waals surface area (Å²) in [6.45, 7) is 5.12. The fraction of sp³-hybridized carbons (Fsp3) is 0.240. The average Bonchev–Trinajstić information content (AvgIpc) is 3.20. The van der Waals surface area contributed by atoms with E-state index in [1.54, 1.807) is 0 Å². The Kier molecular flexibility index (Phi) is 5.88. The van der Waals surface area contributed by atoms with Gasteiger partial charge in [0, 0.05) is 6.42 Å². The first-order chi connectivity index (χ1) is 13.7. The standard InChI is InChI=1S/C25H26NOP/c1-19(2)23-18-27-25(26-23)17-20-11-9-10-16-24(20)28(21-12-5-3-6-13-21)22-14-7-4-8-15-22/h3-16,19,23H,17-18H2,1-2H3. The van der Waals surface area contributed by atoms with E-state index in [0.717, 1.165) is 12.3 Å². The SMILES string of the molecule is CC(C)C1COC(Cc2ccccc2P(c2ccccc2)c2ccccc2)=N1. The molecule has 3 aromatic rings. The van der Waals surface area contributed by atoms with E-state index in [0.29, 0.717) is 12.5 Å². The molecule has 0 N–H and O–H groups in total. The molecule has 4 rings (SSSR count). The van der Waals surface area contributed by atoms with E-state index < -0.39 is 7.92 Å². The van der Waals surface area contributed by atoms with Crippen LogP contribution in [0.15, 0.2) is 89.9 Å². The van der Waals surface area contributed by atoms with Crippen molar-refractivity contribution in [1.29, 1.82) is 0 Å². The predicted molar refractivity (Wildman–Crippen MR) is 121 cm³/mol. The van der Waals surface area contributed by atoms with Crippen LogP contribution in [0, 0.1) is 5.92 Å². The summed E-state index contributed by atoms with van der Waals surface area (Å²) in [6, 6.07) is 30.7. The summed E-state index contributed by atoms with van der Waals surface area (Å²) >= 11 is 0. The van der Waals surface area contributed by atoms with Crippen molar-refractivity contribution >= 4 is 29.7 Å². The minimum atomic E-state index is -0.621. The summed E-state index contributed by atoms with van der Waals surface area (Å²) in [6.07, 6.45) is 0.762. The van der Waals surface area contributed by atoms with Crippen LogP contribution in [0.5, 0.6) is 0 Å². The molecule has 1 unspecified atom stereocenters. The quantitative estimate of drug-likeness (QED) is 0.573. The molecule has 1 atom stereocenters. The lowest BCUT2D eigenvalue weighted by Gasteiger charge is -2.22. The maximum Gasteiger partial charge on any atom is 0.188 e. The van der Waals surface area contributed by atoms with Gasteiger partial charge < -0.3 is 4.74 Å². The van der Waals surface area contributed by atoms with Gasteiger partial charge in [0.2, 0.25) is 0 Å². The molecule has 2 nitrogen and oxygen atoms in total. The fourth-order valence-corrected chi connectivity index (χ4v) is 5.97. The summed E-state index contributed by atoms with van der Waals surface area (Å²) in [5, 5.41) is 4.12. The topological polar surface area (TPSA) is 21.6 Å². The minimum Gasteiger partial charge on any atom is -0.478 e. The van der Waals surface area contributed by atoms with Crippen molar-refractivity contribution in [3.8, 4) is 0 Å². The molecule has 1 heterocycles. The second kappa shape index (κ2) is 8.71. The van der Waals surface area contributed by atoms with Gasteiger partial charge in [0.15, 0.2) is 5.90 Å². The predicted octanol–water partition coefficient (Wildman–Crippen LogP) is 4.44. The molecule has 0 saturated carbocycles. The van der Waals surface area contributed by atoms with E-state index in [-0.39, 0.29) is 6.04 Å². The van der Waals surface area contributed by atoms with Crippen LogP contribution in [-0.2, 0) is 11.2 Å². The van der Waals surface area contributed by atoms with Gasteiger partial charge in [0.05, 0.1) is 6.04 Å². The molecule has 142 valence electrons. The van der Waals surface area contributed by atoms with Crippen molar-refractivity contribution in [2.75, 3.05) is 6.61 Å². The minimum absolute atomic E-state index is 0.284. The third-order valence-electron chi connectivity index (χ3n) is 5.10. The van der Waals surface area contributed by atoms with E-state index in [1.807, 2.05) is 0 Å². The molecule has 1 aliphatic rings. The molecular formula is C25H26NOP. The highest BCUT2D eigenvalue weighted by Gasteiger charge is 2.24. The van der Waals surface area contributed by atoms with Gasteiger partial charge in [-0.15, -0.1) is 0 Å². The van der Waals surface area contributed by atoms with Gasteiger partial charge >= 0.3 is 0 Å². The second-order valence-electron chi connectivity index (χ2n) is 7.46. The lowest BCUT2D eigenvalue weighted by molar-refractivity contribution is 0.287. The Balaban J connectivity index is 1.73. The smallest absolute Gasteiger partial charge is 0.188 e. The van der Waals surface area contributed by atoms with E-state index in [4.69, 9.17) is 9.73 Å². The Morgan fingerprint density at radius 3 is 2.00 bits per heavy atom. The van der Waals surface area contributed by atoms with Crippen molar-refractivity contribution in [3.05, 3.63) is 90.5 Å². The summed E-state index contributed by atoms with van der Waals surface area (Å²) in [5.74, 6) is 1.39. The normalized spacial score (nSPS) is 16.3. The Morgan fingerprint density at radius 1 is 0.857 bits per heavy atom. The molecule has 0 bridgehead atoms. The molecule has 0 saturated heterocycles. The Morgan fingerprint density at radius 2 is 1.43 bits per heavy atom. The zero-order valence-corrected chi connectivity index (χ0v) is 17.3. The molecule has 0 aliphatic carbocycles. The molecule has 0 aromatic heterocycles. The van der Waals surface area contributed by atoms with E-state index >= 15 is 0 Å². The summed E-state index contributed by atoms with van der Waals surface area (Å²) in [4.78, 5) is 4.83. The molecule has 0 fully saturated rings. The summed E-state index contributed by atoms with van der Waals surface area (Å²) in [5.41, 5.74) is 1.31. The van der Waals surface area contributed by atoms with Gasteiger partial charge in [0.1, 0.15) is 6.61 Å². The number of hydrogen-bond donors (Lipinski definition) is 0. The van der Waals surface area contributed by atoms with Crippen molar-refractivity contribution in [2.24, 2.45) is 10.9 Å². The monoisotopic (exact) mass is 387 g/mol. The first kappa shape index (κ1) is 18.9. The van der Waals surface area contributed by atoms with Crippen molar-refractivity contribution in [1.82, 2.24) is 0 Å². The van der Waals surface area contributed by atoms with Crippen molar-refractivity contribution in [3.63, 3.8) is 0 Å². The Labute approximate surface area is 169 Å². The van der Waals surface area contributed by atoms with Crippen LogP contribution in [0.25, 0.3) is 0 Å².